The molecular weight excluding hydrogens is 172 g/mol. The van der Waals surface area contributed by atoms with Crippen molar-refractivity contribution in [3.63, 3.8) is 0 Å². The minimum Gasteiger partial charge on any atom is -0.394 e. The van der Waals surface area contributed by atoms with Crippen molar-refractivity contribution in [1.82, 2.24) is 0 Å². The maximum atomic E-state index is 9.07. The summed E-state index contributed by atoms with van der Waals surface area (Å²) in [6.45, 7) is 4.86. The molecule has 4 N–H and O–H groups in total. The maximum Gasteiger partial charge on any atom is 0.0849 e. The van der Waals surface area contributed by atoms with Crippen LogP contribution < -0.4 is 0 Å². The third-order valence-corrected chi connectivity index (χ3v) is 1.39. The Hall–Kier alpha value is -0.160. The number of hydrogen-bond acceptors (Lipinski definition) is 4. The highest BCUT2D eigenvalue weighted by Crippen LogP contribution is 2.08. The molecule has 0 aromatic carbocycles. The van der Waals surface area contributed by atoms with Gasteiger partial charge in [0.05, 0.1) is 24.9 Å². The molecule has 0 spiro atoms. The monoisotopic (exact) mass is 194 g/mol. The van der Waals surface area contributed by atoms with E-state index in [0.29, 0.717) is 6.42 Å². The van der Waals surface area contributed by atoms with Gasteiger partial charge in [-0.15, -0.1) is 0 Å². The van der Waals surface area contributed by atoms with E-state index in [2.05, 4.69) is 0 Å². The lowest BCUT2D eigenvalue weighted by atomic mass is 10.0. The molecule has 0 heterocycles. The van der Waals surface area contributed by atoms with E-state index in [1.54, 1.807) is 6.92 Å². The Bertz CT molecular complexity index is 102. The smallest absolute Gasteiger partial charge is 0.0849 e. The van der Waals surface area contributed by atoms with Gasteiger partial charge in [0.2, 0.25) is 0 Å². The van der Waals surface area contributed by atoms with Gasteiger partial charge in [-0.1, -0.05) is 13.3 Å². The van der Waals surface area contributed by atoms with Crippen molar-refractivity contribution < 1.29 is 20.4 Å². The minimum atomic E-state index is -0.852. The average molecular weight is 194 g/mol. The zero-order valence-electron chi connectivity index (χ0n) is 8.69. The molecule has 0 aromatic rings. The summed E-state index contributed by atoms with van der Waals surface area (Å²) in [4.78, 5) is 0. The summed E-state index contributed by atoms with van der Waals surface area (Å²) >= 11 is 0. The van der Waals surface area contributed by atoms with Crippen molar-refractivity contribution in [2.45, 2.75) is 45.3 Å². The summed E-state index contributed by atoms with van der Waals surface area (Å²) in [6.07, 6.45) is 1.02. The van der Waals surface area contributed by atoms with Crippen LogP contribution in [0.15, 0.2) is 0 Å². The van der Waals surface area contributed by atoms with Crippen LogP contribution in [0, 0.1) is 0 Å². The van der Waals surface area contributed by atoms with Gasteiger partial charge < -0.3 is 20.4 Å². The number of rotatable bonds is 4. The van der Waals surface area contributed by atoms with E-state index in [1.165, 1.54) is 6.92 Å². The fourth-order valence-corrected chi connectivity index (χ4v) is 0.618. The lowest BCUT2D eigenvalue weighted by Gasteiger charge is -2.18. The zero-order chi connectivity index (χ0) is 10.9. The van der Waals surface area contributed by atoms with E-state index < -0.39 is 11.7 Å². The van der Waals surface area contributed by atoms with Crippen LogP contribution in [0.3, 0.4) is 0 Å². The standard InChI is InChI=1S/C6H14O2.C3H8O2/c1-3-4-6(2,8)5-7;1-3(5)2-4/h7-8H,3-5H2,1-2H3;3-5H,2H2,1H3. The minimum absolute atomic E-state index is 0.138. The van der Waals surface area contributed by atoms with Gasteiger partial charge in [0.25, 0.3) is 0 Å². The molecule has 4 nitrogen and oxygen atoms in total. The largest absolute Gasteiger partial charge is 0.394 e. The first-order valence-electron chi connectivity index (χ1n) is 4.51. The Morgan fingerprint density at radius 2 is 1.69 bits per heavy atom. The quantitative estimate of drug-likeness (QED) is 0.503. The zero-order valence-corrected chi connectivity index (χ0v) is 8.69. The fraction of sp³-hybridized carbons (Fsp3) is 1.00. The fourth-order valence-electron chi connectivity index (χ4n) is 0.618. The highest BCUT2D eigenvalue weighted by atomic mass is 16.3. The second-order valence-electron chi connectivity index (χ2n) is 3.44. The molecule has 2 atom stereocenters. The van der Waals surface area contributed by atoms with Crippen molar-refractivity contribution in [2.75, 3.05) is 13.2 Å². The number of aliphatic hydroxyl groups is 4. The van der Waals surface area contributed by atoms with Crippen molar-refractivity contribution >= 4 is 0 Å². The Balaban J connectivity index is 0. The molecular formula is C9H22O4. The normalized spacial score (nSPS) is 16.8. The molecule has 0 saturated carbocycles. The molecule has 0 amide bonds. The van der Waals surface area contributed by atoms with Crippen LogP contribution in [0.25, 0.3) is 0 Å². The average Bonchev–Trinajstić information content (AvgIpc) is 2.05. The topological polar surface area (TPSA) is 80.9 Å². The predicted molar refractivity (Wildman–Crippen MR) is 51.4 cm³/mol. The van der Waals surface area contributed by atoms with Gasteiger partial charge in [0.15, 0.2) is 0 Å². The summed E-state index contributed by atoms with van der Waals surface area (Å²) in [7, 11) is 0. The molecule has 0 saturated heterocycles. The van der Waals surface area contributed by atoms with Gasteiger partial charge in [-0.2, -0.15) is 0 Å². The van der Waals surface area contributed by atoms with Crippen LogP contribution in [0.4, 0.5) is 0 Å². The Morgan fingerprint density at radius 1 is 1.31 bits per heavy atom. The van der Waals surface area contributed by atoms with Gasteiger partial charge in [0.1, 0.15) is 0 Å². The molecule has 0 aliphatic heterocycles. The van der Waals surface area contributed by atoms with Crippen molar-refractivity contribution in [3.05, 3.63) is 0 Å². The van der Waals surface area contributed by atoms with E-state index >= 15 is 0 Å². The highest BCUT2D eigenvalue weighted by molar-refractivity contribution is 4.68. The van der Waals surface area contributed by atoms with Gasteiger partial charge in [-0.3, -0.25) is 0 Å². The Kier molecular flexibility index (Phi) is 9.94. The van der Waals surface area contributed by atoms with E-state index in [9.17, 15) is 0 Å². The summed E-state index contributed by atoms with van der Waals surface area (Å²) in [6, 6.07) is 0. The molecule has 13 heavy (non-hydrogen) atoms. The number of aliphatic hydroxyl groups excluding tert-OH is 3. The maximum absolute atomic E-state index is 9.07. The first-order chi connectivity index (χ1) is 5.89. The van der Waals surface area contributed by atoms with Gasteiger partial charge in [-0.05, 0) is 20.3 Å². The first kappa shape index (κ1) is 15.3. The van der Waals surface area contributed by atoms with Crippen molar-refractivity contribution in [1.29, 1.82) is 0 Å². The molecule has 4 heteroatoms. The van der Waals surface area contributed by atoms with Gasteiger partial charge in [-0.25, -0.2) is 0 Å². The first-order valence-corrected chi connectivity index (χ1v) is 4.51. The second-order valence-corrected chi connectivity index (χ2v) is 3.44. The summed E-state index contributed by atoms with van der Waals surface area (Å²) in [5.41, 5.74) is -0.852. The van der Waals surface area contributed by atoms with E-state index in [0.717, 1.165) is 6.42 Å². The van der Waals surface area contributed by atoms with Gasteiger partial charge in [0, 0.05) is 0 Å². The number of hydrogen-bond donors (Lipinski definition) is 4. The van der Waals surface area contributed by atoms with E-state index in [-0.39, 0.29) is 13.2 Å². The third kappa shape index (κ3) is 14.7. The Labute approximate surface area is 79.8 Å². The Morgan fingerprint density at radius 3 is 1.77 bits per heavy atom. The van der Waals surface area contributed by atoms with Crippen LogP contribution in [0.2, 0.25) is 0 Å². The lowest BCUT2D eigenvalue weighted by Crippen LogP contribution is -2.28. The summed E-state index contributed by atoms with van der Waals surface area (Å²) < 4.78 is 0. The van der Waals surface area contributed by atoms with Crippen LogP contribution >= 0.6 is 0 Å². The second kappa shape index (κ2) is 8.44. The van der Waals surface area contributed by atoms with Crippen LogP contribution in [0.1, 0.15) is 33.6 Å². The van der Waals surface area contributed by atoms with Crippen molar-refractivity contribution in [2.24, 2.45) is 0 Å². The molecule has 82 valence electrons. The molecule has 0 fully saturated rings. The molecule has 0 aromatic heterocycles. The SMILES string of the molecule is CC(O)CO.CCCC(C)(O)CO. The molecule has 0 bridgehead atoms. The summed E-state index contributed by atoms with van der Waals surface area (Å²) in [5.74, 6) is 0. The lowest BCUT2D eigenvalue weighted by molar-refractivity contribution is -0.00552. The molecule has 0 aliphatic rings. The van der Waals surface area contributed by atoms with E-state index in [1.807, 2.05) is 6.92 Å². The van der Waals surface area contributed by atoms with Gasteiger partial charge >= 0.3 is 0 Å². The molecule has 0 aliphatic carbocycles. The van der Waals surface area contributed by atoms with E-state index in [4.69, 9.17) is 20.4 Å². The van der Waals surface area contributed by atoms with Crippen LogP contribution in [-0.4, -0.2) is 45.3 Å². The van der Waals surface area contributed by atoms with Crippen LogP contribution in [0.5, 0.6) is 0 Å². The molecule has 0 rings (SSSR count). The molecule has 0 radical (unpaired) electrons. The van der Waals surface area contributed by atoms with Crippen LogP contribution in [-0.2, 0) is 0 Å². The predicted octanol–water partition coefficient (Wildman–Crippen LogP) is -0.111. The van der Waals surface area contributed by atoms with Crippen molar-refractivity contribution in [3.8, 4) is 0 Å². The molecule has 2 unspecified atom stereocenters. The third-order valence-electron chi connectivity index (χ3n) is 1.39. The summed E-state index contributed by atoms with van der Waals surface area (Å²) in [5, 5.41) is 33.6. The highest BCUT2D eigenvalue weighted by Gasteiger charge is 2.16.